The van der Waals surface area contributed by atoms with Gasteiger partial charge in [0.1, 0.15) is 10.6 Å². The number of nitrogens with zero attached hydrogens (tertiary/aromatic N) is 2. The average Bonchev–Trinajstić information content (AvgIpc) is 2.60. The van der Waals surface area contributed by atoms with E-state index in [2.05, 4.69) is 4.98 Å². The van der Waals surface area contributed by atoms with Crippen molar-refractivity contribution >= 4 is 16.8 Å². The van der Waals surface area contributed by atoms with Crippen LogP contribution in [0.3, 0.4) is 0 Å². The summed E-state index contributed by atoms with van der Waals surface area (Å²) in [5.74, 6) is 0.120. The normalized spacial score (nSPS) is 13.7. The van der Waals surface area contributed by atoms with E-state index in [0.29, 0.717) is 12.3 Å². The summed E-state index contributed by atoms with van der Waals surface area (Å²) >= 11 is 0. The van der Waals surface area contributed by atoms with Crippen molar-refractivity contribution in [3.05, 3.63) is 18.2 Å². The van der Waals surface area contributed by atoms with E-state index >= 15 is 0 Å². The molecule has 1 aromatic heterocycles. The van der Waals surface area contributed by atoms with Crippen LogP contribution in [0, 0.1) is 6.92 Å². The van der Waals surface area contributed by atoms with Crippen molar-refractivity contribution in [3.8, 4) is 0 Å². The Kier molecular flexibility index (Phi) is 3.85. The lowest BCUT2D eigenvalue weighted by Crippen LogP contribution is -2.38. The lowest BCUT2D eigenvalue weighted by Gasteiger charge is -2.18. The molecule has 0 radical (unpaired) electrons. The van der Waals surface area contributed by atoms with E-state index in [1.165, 1.54) is 13.8 Å². The Morgan fingerprint density at radius 1 is 1.62 bits per heavy atom. The SMILES string of the molecule is Cc1nccn1CCS(=O)C(C)(C)C(=O)O. The van der Waals surface area contributed by atoms with Gasteiger partial charge in [0, 0.05) is 35.5 Å². The molecule has 16 heavy (non-hydrogen) atoms. The van der Waals surface area contributed by atoms with E-state index < -0.39 is 21.5 Å². The van der Waals surface area contributed by atoms with Crippen molar-refractivity contribution in [2.45, 2.75) is 32.1 Å². The molecule has 1 heterocycles. The van der Waals surface area contributed by atoms with Crippen LogP contribution in [0.4, 0.5) is 0 Å². The van der Waals surface area contributed by atoms with E-state index in [4.69, 9.17) is 5.11 Å². The van der Waals surface area contributed by atoms with E-state index in [0.717, 1.165) is 5.82 Å². The van der Waals surface area contributed by atoms with Crippen molar-refractivity contribution in [2.24, 2.45) is 0 Å². The molecule has 6 heteroatoms. The molecule has 0 spiro atoms. The highest BCUT2D eigenvalue weighted by Crippen LogP contribution is 2.13. The van der Waals surface area contributed by atoms with Crippen molar-refractivity contribution in [1.82, 2.24) is 9.55 Å². The Bertz CT molecular complexity index is 412. The number of aliphatic carboxylic acids is 1. The third-order valence-electron chi connectivity index (χ3n) is 2.53. The van der Waals surface area contributed by atoms with Crippen molar-refractivity contribution in [2.75, 3.05) is 5.75 Å². The zero-order valence-corrected chi connectivity index (χ0v) is 10.5. The van der Waals surface area contributed by atoms with E-state index in [9.17, 15) is 9.00 Å². The standard InChI is InChI=1S/C10H16N2O3S/c1-8-11-4-5-12(8)6-7-16(15)10(2,3)9(13)14/h4-5H,6-7H2,1-3H3,(H,13,14). The molecule has 0 aliphatic carbocycles. The second-order valence-corrected chi connectivity index (χ2v) is 6.15. The quantitative estimate of drug-likeness (QED) is 0.831. The summed E-state index contributed by atoms with van der Waals surface area (Å²) in [6.45, 7) is 5.33. The van der Waals surface area contributed by atoms with Crippen molar-refractivity contribution in [1.29, 1.82) is 0 Å². The first-order valence-electron chi connectivity index (χ1n) is 4.95. The third kappa shape index (κ3) is 2.69. The molecule has 0 aliphatic rings. The fraction of sp³-hybridized carbons (Fsp3) is 0.600. The number of rotatable bonds is 5. The van der Waals surface area contributed by atoms with Crippen LogP contribution in [0.25, 0.3) is 0 Å². The molecule has 0 amide bonds. The van der Waals surface area contributed by atoms with Crippen LogP contribution in [0.15, 0.2) is 12.4 Å². The maximum absolute atomic E-state index is 11.8. The minimum atomic E-state index is -1.40. The zero-order chi connectivity index (χ0) is 12.3. The Morgan fingerprint density at radius 2 is 2.25 bits per heavy atom. The van der Waals surface area contributed by atoms with Gasteiger partial charge in [-0.1, -0.05) is 0 Å². The smallest absolute Gasteiger partial charge is 0.321 e. The van der Waals surface area contributed by atoms with Gasteiger partial charge in [-0.3, -0.25) is 9.00 Å². The Labute approximate surface area is 97.0 Å². The van der Waals surface area contributed by atoms with Gasteiger partial charge in [-0.15, -0.1) is 0 Å². The van der Waals surface area contributed by atoms with Crippen LogP contribution in [0.5, 0.6) is 0 Å². The fourth-order valence-electron chi connectivity index (χ4n) is 1.17. The topological polar surface area (TPSA) is 72.2 Å². The number of carboxylic acids is 1. The Morgan fingerprint density at radius 3 is 2.69 bits per heavy atom. The van der Waals surface area contributed by atoms with Gasteiger partial charge in [-0.05, 0) is 20.8 Å². The van der Waals surface area contributed by atoms with Crippen LogP contribution in [-0.4, -0.2) is 35.3 Å². The number of aromatic nitrogens is 2. The monoisotopic (exact) mass is 244 g/mol. The molecular formula is C10H16N2O3S. The van der Waals surface area contributed by atoms with E-state index in [1.54, 1.807) is 12.4 Å². The molecule has 1 unspecified atom stereocenters. The summed E-state index contributed by atoms with van der Waals surface area (Å²) in [4.78, 5) is 14.9. The minimum absolute atomic E-state index is 0.316. The van der Waals surface area contributed by atoms with E-state index in [-0.39, 0.29) is 0 Å². The Hall–Kier alpha value is -1.17. The van der Waals surface area contributed by atoms with Gasteiger partial charge in [0.25, 0.3) is 0 Å². The number of aryl methyl sites for hydroxylation is 2. The fourth-order valence-corrected chi connectivity index (χ4v) is 2.24. The minimum Gasteiger partial charge on any atom is -0.480 e. The molecule has 5 nitrogen and oxygen atoms in total. The second kappa shape index (κ2) is 4.78. The van der Waals surface area contributed by atoms with Gasteiger partial charge in [-0.25, -0.2) is 4.98 Å². The molecule has 0 fully saturated rings. The van der Waals surface area contributed by atoms with Gasteiger partial charge in [0.2, 0.25) is 0 Å². The van der Waals surface area contributed by atoms with Gasteiger partial charge in [0.15, 0.2) is 0 Å². The van der Waals surface area contributed by atoms with Crippen LogP contribution < -0.4 is 0 Å². The van der Waals surface area contributed by atoms with Crippen molar-refractivity contribution in [3.63, 3.8) is 0 Å². The summed E-state index contributed by atoms with van der Waals surface area (Å²) in [5.41, 5.74) is 0. The predicted molar refractivity (Wildman–Crippen MR) is 61.7 cm³/mol. The van der Waals surface area contributed by atoms with Crippen molar-refractivity contribution < 1.29 is 14.1 Å². The Balaban J connectivity index is 2.60. The lowest BCUT2D eigenvalue weighted by molar-refractivity contribution is -0.139. The summed E-state index contributed by atoms with van der Waals surface area (Å²) in [7, 11) is -1.40. The first-order chi connectivity index (χ1) is 7.35. The highest BCUT2D eigenvalue weighted by molar-refractivity contribution is 7.87. The number of hydrogen-bond donors (Lipinski definition) is 1. The molecule has 1 rings (SSSR count). The third-order valence-corrected chi connectivity index (χ3v) is 4.39. The predicted octanol–water partition coefficient (Wildman–Crippen LogP) is 0.803. The molecule has 90 valence electrons. The van der Waals surface area contributed by atoms with Gasteiger partial charge >= 0.3 is 5.97 Å². The average molecular weight is 244 g/mol. The number of hydrogen-bond acceptors (Lipinski definition) is 3. The molecule has 0 aliphatic heterocycles. The molecule has 0 aromatic carbocycles. The van der Waals surface area contributed by atoms with Gasteiger partial charge < -0.3 is 9.67 Å². The van der Waals surface area contributed by atoms with Crippen LogP contribution in [0.2, 0.25) is 0 Å². The zero-order valence-electron chi connectivity index (χ0n) is 9.64. The van der Waals surface area contributed by atoms with Crippen LogP contribution in [-0.2, 0) is 22.1 Å². The highest BCUT2D eigenvalue weighted by Gasteiger charge is 2.33. The first kappa shape index (κ1) is 12.9. The molecule has 1 N–H and O–H groups in total. The molecule has 0 saturated carbocycles. The molecule has 1 atom stereocenters. The molecule has 0 saturated heterocycles. The molecular weight excluding hydrogens is 228 g/mol. The number of carboxylic acid groups (broad SMARTS) is 1. The maximum atomic E-state index is 11.8. The molecule has 1 aromatic rings. The first-order valence-corrected chi connectivity index (χ1v) is 6.27. The lowest BCUT2D eigenvalue weighted by atomic mass is 10.2. The van der Waals surface area contributed by atoms with Gasteiger partial charge in [0.05, 0.1) is 0 Å². The second-order valence-electron chi connectivity index (χ2n) is 4.03. The molecule has 0 bridgehead atoms. The van der Waals surface area contributed by atoms with Gasteiger partial charge in [-0.2, -0.15) is 0 Å². The van der Waals surface area contributed by atoms with E-state index in [1.807, 2.05) is 11.5 Å². The number of imidazole rings is 1. The maximum Gasteiger partial charge on any atom is 0.321 e. The summed E-state index contributed by atoms with van der Waals surface area (Å²) < 4.78 is 12.5. The summed E-state index contributed by atoms with van der Waals surface area (Å²) in [6, 6.07) is 0. The summed E-state index contributed by atoms with van der Waals surface area (Å²) in [6.07, 6.45) is 3.46. The summed E-state index contributed by atoms with van der Waals surface area (Å²) in [5, 5.41) is 8.91. The highest BCUT2D eigenvalue weighted by atomic mass is 32.2. The van der Waals surface area contributed by atoms with Crippen LogP contribution in [0.1, 0.15) is 19.7 Å². The largest absolute Gasteiger partial charge is 0.480 e. The van der Waals surface area contributed by atoms with Crippen LogP contribution >= 0.6 is 0 Å². The number of carbonyl (C=O) groups is 1.